The van der Waals surface area contributed by atoms with E-state index >= 15 is 0 Å². The second kappa shape index (κ2) is 8.47. The van der Waals surface area contributed by atoms with Crippen LogP contribution in [0.2, 0.25) is 5.02 Å². The Morgan fingerprint density at radius 3 is 2.71 bits per heavy atom. The minimum absolute atomic E-state index is 0.279. The lowest BCUT2D eigenvalue weighted by Gasteiger charge is -2.13. The van der Waals surface area contributed by atoms with Crippen molar-refractivity contribution in [2.45, 2.75) is 25.6 Å². The van der Waals surface area contributed by atoms with Crippen LogP contribution in [0.1, 0.15) is 24.0 Å². The lowest BCUT2D eigenvalue weighted by atomic mass is 10.2. The molecule has 1 fully saturated rings. The fourth-order valence-electron chi connectivity index (χ4n) is 2.59. The van der Waals surface area contributed by atoms with Crippen molar-refractivity contribution < 1.29 is 9.47 Å². The van der Waals surface area contributed by atoms with Crippen molar-refractivity contribution in [2.75, 3.05) is 13.2 Å². The molecular weight excluding hydrogens is 342 g/mol. The number of benzene rings is 2. The molecule has 24 heavy (non-hydrogen) atoms. The van der Waals surface area contributed by atoms with Crippen LogP contribution in [0, 0.1) is 0 Å². The number of hydrogen-bond acceptors (Lipinski definition) is 3. The average Bonchev–Trinajstić information content (AvgIpc) is 3.13. The van der Waals surface area contributed by atoms with Gasteiger partial charge in [-0.05, 0) is 43.2 Å². The van der Waals surface area contributed by atoms with E-state index in [1.54, 1.807) is 0 Å². The highest BCUT2D eigenvalue weighted by molar-refractivity contribution is 7.80. The zero-order valence-corrected chi connectivity index (χ0v) is 14.9. The molecule has 1 N–H and O–H groups in total. The van der Waals surface area contributed by atoms with Gasteiger partial charge in [0.25, 0.3) is 0 Å². The number of thiocarbonyl (C=S) groups is 1. The van der Waals surface area contributed by atoms with Crippen molar-refractivity contribution in [1.29, 1.82) is 0 Å². The molecule has 1 saturated heterocycles. The van der Waals surface area contributed by atoms with Crippen LogP contribution in [0.15, 0.2) is 48.5 Å². The summed E-state index contributed by atoms with van der Waals surface area (Å²) in [5.41, 5.74) is 1.95. The summed E-state index contributed by atoms with van der Waals surface area (Å²) in [7, 11) is 0. The Hall–Kier alpha value is -1.62. The predicted octanol–water partition coefficient (Wildman–Crippen LogP) is 4.36. The summed E-state index contributed by atoms with van der Waals surface area (Å²) in [5, 5.41) is 3.99. The van der Waals surface area contributed by atoms with Gasteiger partial charge in [-0.3, -0.25) is 0 Å². The van der Waals surface area contributed by atoms with Crippen LogP contribution < -0.4 is 10.1 Å². The zero-order chi connectivity index (χ0) is 16.8. The molecule has 0 aromatic heterocycles. The van der Waals surface area contributed by atoms with Gasteiger partial charge in [0.1, 0.15) is 17.3 Å². The van der Waals surface area contributed by atoms with Crippen LogP contribution in [-0.2, 0) is 11.3 Å². The number of rotatable bonds is 6. The molecule has 5 heteroatoms. The summed E-state index contributed by atoms with van der Waals surface area (Å²) >= 11 is 11.6. The smallest absolute Gasteiger partial charge is 0.119 e. The molecule has 3 nitrogen and oxygen atoms in total. The van der Waals surface area contributed by atoms with Crippen LogP contribution in [0.3, 0.4) is 0 Å². The topological polar surface area (TPSA) is 30.5 Å². The summed E-state index contributed by atoms with van der Waals surface area (Å²) < 4.78 is 11.4. The molecule has 0 aliphatic carbocycles. The molecule has 1 aliphatic heterocycles. The van der Waals surface area contributed by atoms with E-state index in [-0.39, 0.29) is 6.10 Å². The molecule has 3 rings (SSSR count). The van der Waals surface area contributed by atoms with Gasteiger partial charge < -0.3 is 14.8 Å². The summed E-state index contributed by atoms with van der Waals surface area (Å²) in [6.45, 7) is 2.07. The number of halogens is 1. The molecule has 2 aromatic carbocycles. The molecule has 1 aliphatic rings. The standard InChI is InChI=1S/C19H20ClNO2S/c20-18-6-2-1-4-15(18)13-23-16-9-7-14(8-10-16)19(24)21-12-17-5-3-11-22-17/h1-2,4,6-10,17H,3,5,11-13H2,(H,21,24)/t17-/m1/s1. The van der Waals surface area contributed by atoms with Crippen LogP contribution in [0.4, 0.5) is 0 Å². The van der Waals surface area contributed by atoms with E-state index in [9.17, 15) is 0 Å². The van der Waals surface area contributed by atoms with Gasteiger partial charge >= 0.3 is 0 Å². The van der Waals surface area contributed by atoms with E-state index in [1.165, 1.54) is 0 Å². The van der Waals surface area contributed by atoms with Crippen molar-refractivity contribution in [3.05, 3.63) is 64.7 Å². The van der Waals surface area contributed by atoms with E-state index < -0.39 is 0 Å². The Kier molecular flexibility index (Phi) is 6.07. The van der Waals surface area contributed by atoms with Crippen LogP contribution in [0.5, 0.6) is 5.75 Å². The van der Waals surface area contributed by atoms with Crippen molar-refractivity contribution in [3.63, 3.8) is 0 Å². The van der Waals surface area contributed by atoms with Gasteiger partial charge in [0.15, 0.2) is 0 Å². The molecule has 0 amide bonds. The fourth-order valence-corrected chi connectivity index (χ4v) is 3.00. The average molecular weight is 362 g/mol. The highest BCUT2D eigenvalue weighted by Crippen LogP contribution is 2.19. The molecule has 1 atom stereocenters. The molecule has 0 radical (unpaired) electrons. The van der Waals surface area contributed by atoms with Crippen LogP contribution >= 0.6 is 23.8 Å². The molecule has 2 aromatic rings. The number of ether oxygens (including phenoxy) is 2. The van der Waals surface area contributed by atoms with E-state index in [2.05, 4.69) is 5.32 Å². The van der Waals surface area contributed by atoms with E-state index in [1.807, 2.05) is 48.5 Å². The summed E-state index contributed by atoms with van der Waals surface area (Å²) in [4.78, 5) is 0.739. The predicted molar refractivity (Wildman–Crippen MR) is 101 cm³/mol. The van der Waals surface area contributed by atoms with Gasteiger partial charge in [-0.25, -0.2) is 0 Å². The molecule has 0 saturated carbocycles. The van der Waals surface area contributed by atoms with Crippen LogP contribution in [-0.4, -0.2) is 24.2 Å². The quantitative estimate of drug-likeness (QED) is 0.774. The van der Waals surface area contributed by atoms with E-state index in [0.717, 1.165) is 47.9 Å². The second-order valence-electron chi connectivity index (χ2n) is 5.75. The van der Waals surface area contributed by atoms with Crippen LogP contribution in [0.25, 0.3) is 0 Å². The Morgan fingerprint density at radius 2 is 2.00 bits per heavy atom. The minimum atomic E-state index is 0.279. The minimum Gasteiger partial charge on any atom is -0.489 e. The highest BCUT2D eigenvalue weighted by atomic mass is 35.5. The first-order valence-electron chi connectivity index (χ1n) is 8.08. The highest BCUT2D eigenvalue weighted by Gasteiger charge is 2.15. The lowest BCUT2D eigenvalue weighted by Crippen LogP contribution is -2.31. The molecule has 126 valence electrons. The third-order valence-corrected chi connectivity index (χ3v) is 4.73. The maximum atomic E-state index is 6.13. The van der Waals surface area contributed by atoms with Gasteiger partial charge in [0, 0.05) is 29.3 Å². The first kappa shape index (κ1) is 17.2. The van der Waals surface area contributed by atoms with Gasteiger partial charge in [-0.2, -0.15) is 0 Å². The Bertz CT molecular complexity index is 684. The van der Waals surface area contributed by atoms with Gasteiger partial charge in [-0.15, -0.1) is 0 Å². The lowest BCUT2D eigenvalue weighted by molar-refractivity contribution is 0.114. The van der Waals surface area contributed by atoms with E-state index in [4.69, 9.17) is 33.3 Å². The van der Waals surface area contributed by atoms with Crippen molar-refractivity contribution in [2.24, 2.45) is 0 Å². The summed E-state index contributed by atoms with van der Waals surface area (Å²) in [6, 6.07) is 15.5. The third-order valence-electron chi connectivity index (χ3n) is 3.98. The van der Waals surface area contributed by atoms with Crippen molar-refractivity contribution in [3.8, 4) is 5.75 Å². The Morgan fingerprint density at radius 1 is 1.21 bits per heavy atom. The van der Waals surface area contributed by atoms with E-state index in [0.29, 0.717) is 11.6 Å². The second-order valence-corrected chi connectivity index (χ2v) is 6.56. The molecular formula is C19H20ClNO2S. The normalized spacial score (nSPS) is 16.8. The molecule has 0 unspecified atom stereocenters. The van der Waals surface area contributed by atoms with Crippen molar-refractivity contribution in [1.82, 2.24) is 5.32 Å². The third kappa shape index (κ3) is 4.69. The first-order valence-corrected chi connectivity index (χ1v) is 8.87. The Labute approximate surface area is 152 Å². The SMILES string of the molecule is S=C(NC[C@H]1CCCO1)c1ccc(OCc2ccccc2Cl)cc1. The zero-order valence-electron chi connectivity index (χ0n) is 13.3. The maximum absolute atomic E-state index is 6.13. The number of nitrogens with one attached hydrogen (secondary N) is 1. The summed E-state index contributed by atoms with van der Waals surface area (Å²) in [5.74, 6) is 0.792. The fraction of sp³-hybridized carbons (Fsp3) is 0.316. The molecule has 0 bridgehead atoms. The van der Waals surface area contributed by atoms with Gasteiger partial charge in [-0.1, -0.05) is 42.0 Å². The largest absolute Gasteiger partial charge is 0.489 e. The summed E-state index contributed by atoms with van der Waals surface area (Å²) in [6.07, 6.45) is 2.52. The monoisotopic (exact) mass is 361 g/mol. The first-order chi connectivity index (χ1) is 11.7. The maximum Gasteiger partial charge on any atom is 0.119 e. The number of hydrogen-bond donors (Lipinski definition) is 1. The Balaban J connectivity index is 1.51. The van der Waals surface area contributed by atoms with Gasteiger partial charge in [0.2, 0.25) is 0 Å². The van der Waals surface area contributed by atoms with Gasteiger partial charge in [0.05, 0.1) is 6.10 Å². The molecule has 1 heterocycles. The molecule has 0 spiro atoms. The van der Waals surface area contributed by atoms with Crippen molar-refractivity contribution >= 4 is 28.8 Å².